The van der Waals surface area contributed by atoms with Crippen LogP contribution in [0.2, 0.25) is 0 Å². The highest BCUT2D eigenvalue weighted by Gasteiger charge is 2.40. The lowest BCUT2D eigenvalue weighted by molar-refractivity contribution is -0.146. The first-order valence-corrected chi connectivity index (χ1v) is 9.51. The smallest absolute Gasteiger partial charge is 0.246 e. The number of hydrogen-bond acceptors (Lipinski definition) is 4. The normalized spacial score (nSPS) is 20.6. The van der Waals surface area contributed by atoms with Crippen LogP contribution in [-0.4, -0.2) is 53.4 Å². The van der Waals surface area contributed by atoms with E-state index in [-0.39, 0.29) is 23.8 Å². The Hall–Kier alpha value is -1.69. The van der Waals surface area contributed by atoms with Crippen LogP contribution < -0.4 is 4.74 Å². The van der Waals surface area contributed by atoms with Gasteiger partial charge in [0.1, 0.15) is 11.8 Å². The molecule has 1 atom stereocenters. The number of methoxy groups -OCH3 is 1. The molecule has 2 aliphatic rings. The minimum atomic E-state index is -0.321. The summed E-state index contributed by atoms with van der Waals surface area (Å²) in [6.07, 6.45) is 3.08. The number of ether oxygens (including phenoxy) is 1. The fraction of sp³-hybridized carbons (Fsp3) is 0.556. The second-order valence-electron chi connectivity index (χ2n) is 6.50. The molecule has 1 aliphatic heterocycles. The van der Waals surface area contributed by atoms with Gasteiger partial charge in [-0.1, -0.05) is 18.6 Å². The molecule has 0 aromatic heterocycles. The molecule has 130 valence electrons. The monoisotopic (exact) mass is 348 g/mol. The summed E-state index contributed by atoms with van der Waals surface area (Å²) < 4.78 is 5.23. The van der Waals surface area contributed by atoms with Gasteiger partial charge in [-0.15, -0.1) is 11.8 Å². The lowest BCUT2D eigenvalue weighted by Crippen LogP contribution is -2.50. The van der Waals surface area contributed by atoms with Crippen LogP contribution in [0.15, 0.2) is 24.3 Å². The van der Waals surface area contributed by atoms with E-state index in [2.05, 4.69) is 0 Å². The van der Waals surface area contributed by atoms with Crippen LogP contribution in [0.4, 0.5) is 0 Å². The van der Waals surface area contributed by atoms with Crippen LogP contribution in [0.3, 0.4) is 0 Å². The molecule has 0 unspecified atom stereocenters. The Morgan fingerprint density at radius 1 is 1.38 bits per heavy atom. The van der Waals surface area contributed by atoms with Gasteiger partial charge in [0.2, 0.25) is 11.8 Å². The number of rotatable bonds is 5. The van der Waals surface area contributed by atoms with Crippen molar-refractivity contribution >= 4 is 23.6 Å². The molecule has 1 saturated carbocycles. The second kappa shape index (κ2) is 7.47. The van der Waals surface area contributed by atoms with Gasteiger partial charge in [-0.25, -0.2) is 0 Å². The summed E-state index contributed by atoms with van der Waals surface area (Å²) >= 11 is 1.67. The molecule has 5 nitrogen and oxygen atoms in total. The molecule has 3 rings (SSSR count). The van der Waals surface area contributed by atoms with Gasteiger partial charge < -0.3 is 14.5 Å². The first-order valence-electron chi connectivity index (χ1n) is 8.36. The molecule has 24 heavy (non-hydrogen) atoms. The van der Waals surface area contributed by atoms with Crippen molar-refractivity contribution in [3.8, 4) is 5.75 Å². The molecule has 1 aromatic carbocycles. The van der Waals surface area contributed by atoms with E-state index < -0.39 is 0 Å². The number of likely N-dealkylation sites (N-methyl/N-ethyl adjacent to an activating group) is 1. The van der Waals surface area contributed by atoms with Crippen molar-refractivity contribution in [3.63, 3.8) is 0 Å². The Kier molecular flexibility index (Phi) is 5.33. The van der Waals surface area contributed by atoms with Crippen molar-refractivity contribution in [2.24, 2.45) is 5.92 Å². The maximum absolute atomic E-state index is 12.8. The van der Waals surface area contributed by atoms with Crippen LogP contribution in [0.25, 0.3) is 0 Å². The number of amides is 2. The van der Waals surface area contributed by atoms with E-state index >= 15 is 0 Å². The van der Waals surface area contributed by atoms with Gasteiger partial charge >= 0.3 is 0 Å². The summed E-state index contributed by atoms with van der Waals surface area (Å²) in [5, 5.41) is 0. The predicted molar refractivity (Wildman–Crippen MR) is 94.8 cm³/mol. The molecule has 1 aromatic rings. The number of thioether (sulfide) groups is 1. The van der Waals surface area contributed by atoms with Gasteiger partial charge in [0, 0.05) is 25.3 Å². The molecule has 0 N–H and O–H groups in total. The SMILES string of the molecule is COc1cccc(CN(C)C(=O)[C@H]2CSCN2C(=O)C2CCC2)c1. The van der Waals surface area contributed by atoms with Gasteiger partial charge in [0.05, 0.1) is 13.0 Å². The molecular formula is C18H24N2O3S. The lowest BCUT2D eigenvalue weighted by atomic mass is 9.84. The zero-order valence-corrected chi connectivity index (χ0v) is 15.1. The lowest BCUT2D eigenvalue weighted by Gasteiger charge is -2.33. The van der Waals surface area contributed by atoms with Crippen molar-refractivity contribution < 1.29 is 14.3 Å². The summed E-state index contributed by atoms with van der Waals surface area (Å²) in [6.45, 7) is 0.517. The highest BCUT2D eigenvalue weighted by molar-refractivity contribution is 7.99. The Labute approximate surface area is 147 Å². The van der Waals surface area contributed by atoms with Crippen molar-refractivity contribution in [1.82, 2.24) is 9.80 Å². The molecule has 6 heteroatoms. The summed E-state index contributed by atoms with van der Waals surface area (Å²) in [4.78, 5) is 28.9. The van der Waals surface area contributed by atoms with Crippen LogP contribution in [-0.2, 0) is 16.1 Å². The Morgan fingerprint density at radius 2 is 2.17 bits per heavy atom. The molecule has 0 bridgehead atoms. The molecule has 2 amide bonds. The van der Waals surface area contributed by atoms with Gasteiger partial charge in [-0.2, -0.15) is 0 Å². The Bertz CT molecular complexity index is 618. The number of benzene rings is 1. The van der Waals surface area contributed by atoms with E-state index in [0.717, 1.165) is 30.6 Å². The fourth-order valence-electron chi connectivity index (χ4n) is 3.13. The maximum atomic E-state index is 12.8. The van der Waals surface area contributed by atoms with E-state index in [0.29, 0.717) is 18.2 Å². The number of nitrogens with zero attached hydrogens (tertiary/aromatic N) is 2. The van der Waals surface area contributed by atoms with Gasteiger partial charge in [-0.05, 0) is 30.5 Å². The quantitative estimate of drug-likeness (QED) is 0.820. The molecular weight excluding hydrogens is 324 g/mol. The minimum absolute atomic E-state index is 0.0236. The van der Waals surface area contributed by atoms with Crippen LogP contribution in [0.1, 0.15) is 24.8 Å². The van der Waals surface area contributed by atoms with E-state index in [1.807, 2.05) is 24.3 Å². The predicted octanol–water partition coefficient (Wildman–Crippen LogP) is 2.36. The minimum Gasteiger partial charge on any atom is -0.497 e. The average molecular weight is 348 g/mol. The highest BCUT2D eigenvalue weighted by atomic mass is 32.2. The largest absolute Gasteiger partial charge is 0.497 e. The standard InChI is InChI=1S/C18H24N2O3S/c1-19(10-13-5-3-8-15(9-13)23-2)18(22)16-11-24-12-20(16)17(21)14-6-4-7-14/h3,5,8-9,14,16H,4,6-7,10-12H2,1-2H3/t16-/m1/s1. The number of carbonyl (C=O) groups excluding carboxylic acids is 2. The van der Waals surface area contributed by atoms with E-state index in [1.165, 1.54) is 0 Å². The molecule has 0 radical (unpaired) electrons. The third-order valence-corrected chi connectivity index (χ3v) is 5.85. The molecule has 1 saturated heterocycles. The molecule has 1 aliphatic carbocycles. The maximum Gasteiger partial charge on any atom is 0.246 e. The van der Waals surface area contributed by atoms with Crippen LogP contribution in [0.5, 0.6) is 5.75 Å². The highest BCUT2D eigenvalue weighted by Crippen LogP contribution is 2.32. The molecule has 0 spiro atoms. The van der Waals surface area contributed by atoms with Gasteiger partial charge in [-0.3, -0.25) is 9.59 Å². The van der Waals surface area contributed by atoms with Crippen molar-refractivity contribution in [3.05, 3.63) is 29.8 Å². The third-order valence-electron chi connectivity index (χ3n) is 4.83. The average Bonchev–Trinajstić information content (AvgIpc) is 3.02. The summed E-state index contributed by atoms with van der Waals surface area (Å²) in [5.74, 6) is 2.45. The first kappa shape index (κ1) is 17.1. The topological polar surface area (TPSA) is 49.9 Å². The first-order chi connectivity index (χ1) is 11.6. The third kappa shape index (κ3) is 3.53. The zero-order chi connectivity index (χ0) is 17.1. The number of hydrogen-bond donors (Lipinski definition) is 0. The van der Waals surface area contributed by atoms with Gasteiger partial charge in [0.15, 0.2) is 0 Å². The summed E-state index contributed by atoms with van der Waals surface area (Å²) in [6, 6.07) is 7.40. The molecule has 1 heterocycles. The van der Waals surface area contributed by atoms with E-state index in [9.17, 15) is 9.59 Å². The summed E-state index contributed by atoms with van der Waals surface area (Å²) in [5.41, 5.74) is 1.02. The Balaban J connectivity index is 1.64. The summed E-state index contributed by atoms with van der Waals surface area (Å²) in [7, 11) is 3.43. The Morgan fingerprint density at radius 3 is 2.83 bits per heavy atom. The number of carbonyl (C=O) groups is 2. The van der Waals surface area contributed by atoms with Gasteiger partial charge in [0.25, 0.3) is 0 Å². The van der Waals surface area contributed by atoms with E-state index in [4.69, 9.17) is 4.74 Å². The van der Waals surface area contributed by atoms with Crippen molar-refractivity contribution in [2.75, 3.05) is 25.8 Å². The molecule has 2 fully saturated rings. The van der Waals surface area contributed by atoms with Crippen molar-refractivity contribution in [1.29, 1.82) is 0 Å². The van der Waals surface area contributed by atoms with Crippen molar-refractivity contribution in [2.45, 2.75) is 31.8 Å². The van der Waals surface area contributed by atoms with Crippen LogP contribution in [0, 0.1) is 5.92 Å². The fourth-order valence-corrected chi connectivity index (χ4v) is 4.29. The second-order valence-corrected chi connectivity index (χ2v) is 7.50. The van der Waals surface area contributed by atoms with Crippen LogP contribution >= 0.6 is 11.8 Å². The van der Waals surface area contributed by atoms with E-state index in [1.54, 1.807) is 35.7 Å². The zero-order valence-electron chi connectivity index (χ0n) is 14.2.